The Labute approximate surface area is 169 Å². The van der Waals surface area contributed by atoms with Gasteiger partial charge >= 0.3 is 5.97 Å². The number of benzene rings is 2. The van der Waals surface area contributed by atoms with Gasteiger partial charge in [0.25, 0.3) is 5.91 Å². The minimum atomic E-state index is -0.504. The van der Waals surface area contributed by atoms with E-state index >= 15 is 0 Å². The zero-order chi connectivity index (χ0) is 20.4. The van der Waals surface area contributed by atoms with Crippen molar-refractivity contribution in [3.63, 3.8) is 0 Å². The van der Waals surface area contributed by atoms with Crippen LogP contribution in [0.5, 0.6) is 0 Å². The molecule has 0 bridgehead atoms. The second-order valence-corrected chi connectivity index (χ2v) is 6.61. The number of halogens is 1. The molecular formula is C21H23ClN2O4. The van der Waals surface area contributed by atoms with Crippen molar-refractivity contribution in [3.05, 3.63) is 70.7 Å². The molecule has 1 unspecified atom stereocenters. The number of carbonyl (C=O) groups excluding carboxylic acids is 3. The van der Waals surface area contributed by atoms with Crippen LogP contribution in [0.2, 0.25) is 5.02 Å². The van der Waals surface area contributed by atoms with Crippen LogP contribution in [0.4, 0.5) is 0 Å². The van der Waals surface area contributed by atoms with Gasteiger partial charge in [0.15, 0.2) is 0 Å². The lowest BCUT2D eigenvalue weighted by Crippen LogP contribution is -2.31. The third-order valence-corrected chi connectivity index (χ3v) is 4.36. The summed E-state index contributed by atoms with van der Waals surface area (Å²) in [5, 5.41) is 6.19. The lowest BCUT2D eigenvalue weighted by Gasteiger charge is -2.18. The van der Waals surface area contributed by atoms with Crippen LogP contribution in [0.3, 0.4) is 0 Å². The SMILES string of the molecule is COC(=O)CC(NC(=O)CCCNC(=O)c1ccccc1)c1ccc(Cl)cc1. The molecule has 2 aromatic carbocycles. The molecule has 0 saturated carbocycles. The summed E-state index contributed by atoms with van der Waals surface area (Å²) < 4.78 is 4.71. The molecule has 0 aliphatic rings. The molecule has 2 rings (SSSR count). The van der Waals surface area contributed by atoms with E-state index in [1.54, 1.807) is 48.5 Å². The molecule has 0 heterocycles. The predicted molar refractivity (Wildman–Crippen MR) is 107 cm³/mol. The molecule has 0 aromatic heterocycles. The summed E-state index contributed by atoms with van der Waals surface area (Å²) in [6.07, 6.45) is 0.727. The van der Waals surface area contributed by atoms with Crippen LogP contribution in [0.25, 0.3) is 0 Å². The van der Waals surface area contributed by atoms with E-state index in [0.717, 1.165) is 5.56 Å². The summed E-state index contributed by atoms with van der Waals surface area (Å²) in [7, 11) is 1.30. The normalized spacial score (nSPS) is 11.4. The minimum absolute atomic E-state index is 0.0224. The largest absolute Gasteiger partial charge is 0.469 e. The maximum atomic E-state index is 12.3. The molecule has 0 saturated heterocycles. The summed E-state index contributed by atoms with van der Waals surface area (Å²) >= 11 is 5.90. The second kappa shape index (κ2) is 11.1. The molecule has 0 spiro atoms. The van der Waals surface area contributed by atoms with Gasteiger partial charge in [-0.3, -0.25) is 14.4 Å². The van der Waals surface area contributed by atoms with Crippen LogP contribution >= 0.6 is 11.6 Å². The van der Waals surface area contributed by atoms with Gasteiger partial charge in [-0.2, -0.15) is 0 Å². The van der Waals surface area contributed by atoms with Gasteiger partial charge in [0, 0.05) is 23.6 Å². The van der Waals surface area contributed by atoms with Gasteiger partial charge < -0.3 is 15.4 Å². The van der Waals surface area contributed by atoms with Gasteiger partial charge in [-0.15, -0.1) is 0 Å². The molecule has 6 nitrogen and oxygen atoms in total. The van der Waals surface area contributed by atoms with Crippen LogP contribution in [0.1, 0.15) is 41.2 Å². The zero-order valence-electron chi connectivity index (χ0n) is 15.6. The Bertz CT molecular complexity index is 794. The molecule has 2 amide bonds. The van der Waals surface area contributed by atoms with Crippen molar-refractivity contribution in [1.29, 1.82) is 0 Å². The van der Waals surface area contributed by atoms with Gasteiger partial charge in [-0.05, 0) is 36.2 Å². The maximum absolute atomic E-state index is 12.3. The summed E-state index contributed by atoms with van der Waals surface area (Å²) in [5.74, 6) is -0.807. The fourth-order valence-electron chi connectivity index (χ4n) is 2.61. The summed E-state index contributed by atoms with van der Waals surface area (Å²) in [6.45, 7) is 0.379. The minimum Gasteiger partial charge on any atom is -0.469 e. The number of nitrogens with one attached hydrogen (secondary N) is 2. The smallest absolute Gasteiger partial charge is 0.307 e. The van der Waals surface area contributed by atoms with E-state index in [1.165, 1.54) is 7.11 Å². The average Bonchev–Trinajstić information content (AvgIpc) is 2.71. The molecule has 148 valence electrons. The van der Waals surface area contributed by atoms with Crippen LogP contribution in [-0.4, -0.2) is 31.4 Å². The highest BCUT2D eigenvalue weighted by Gasteiger charge is 2.19. The number of rotatable bonds is 9. The third-order valence-electron chi connectivity index (χ3n) is 4.11. The molecule has 1 atom stereocenters. The number of amides is 2. The molecule has 2 N–H and O–H groups in total. The Morgan fingerprint density at radius 2 is 1.71 bits per heavy atom. The standard InChI is InChI=1S/C21H23ClN2O4/c1-28-20(26)14-18(15-9-11-17(22)12-10-15)24-19(25)8-5-13-23-21(27)16-6-3-2-4-7-16/h2-4,6-7,9-12,18H,5,8,13-14H2,1H3,(H,23,27)(H,24,25). The van der Waals surface area contributed by atoms with E-state index in [2.05, 4.69) is 10.6 Å². The first kappa shape index (κ1) is 21.4. The van der Waals surface area contributed by atoms with Gasteiger partial charge in [0.2, 0.25) is 5.91 Å². The Morgan fingerprint density at radius 3 is 2.36 bits per heavy atom. The van der Waals surface area contributed by atoms with E-state index in [1.807, 2.05) is 6.07 Å². The van der Waals surface area contributed by atoms with Crippen molar-refractivity contribution in [1.82, 2.24) is 10.6 Å². The second-order valence-electron chi connectivity index (χ2n) is 6.18. The first-order valence-electron chi connectivity index (χ1n) is 8.94. The Morgan fingerprint density at radius 1 is 1.04 bits per heavy atom. The summed E-state index contributed by atoms with van der Waals surface area (Å²) in [5.41, 5.74) is 1.34. The van der Waals surface area contributed by atoms with Crippen molar-refractivity contribution in [2.45, 2.75) is 25.3 Å². The molecule has 7 heteroatoms. The first-order chi connectivity index (χ1) is 13.5. The van der Waals surface area contributed by atoms with Crippen LogP contribution in [0.15, 0.2) is 54.6 Å². The quantitative estimate of drug-likeness (QED) is 0.498. The number of carbonyl (C=O) groups is 3. The monoisotopic (exact) mass is 402 g/mol. The molecule has 0 aliphatic heterocycles. The highest BCUT2D eigenvalue weighted by molar-refractivity contribution is 6.30. The summed E-state index contributed by atoms with van der Waals surface area (Å²) in [4.78, 5) is 35.9. The number of hydrogen-bond donors (Lipinski definition) is 2. The zero-order valence-corrected chi connectivity index (χ0v) is 16.4. The lowest BCUT2D eigenvalue weighted by molar-refractivity contribution is -0.141. The Balaban J connectivity index is 1.83. The van der Waals surface area contributed by atoms with Crippen LogP contribution < -0.4 is 10.6 Å². The topological polar surface area (TPSA) is 84.5 Å². The van der Waals surface area contributed by atoms with Gasteiger partial charge in [-0.25, -0.2) is 0 Å². The first-order valence-corrected chi connectivity index (χ1v) is 9.32. The molecule has 2 aromatic rings. The molecule has 28 heavy (non-hydrogen) atoms. The molecule has 0 aliphatic carbocycles. The van der Waals surface area contributed by atoms with Crippen LogP contribution in [0, 0.1) is 0 Å². The predicted octanol–water partition coefficient (Wildman–Crippen LogP) is 3.27. The van der Waals surface area contributed by atoms with Crippen molar-refractivity contribution in [3.8, 4) is 0 Å². The van der Waals surface area contributed by atoms with Crippen molar-refractivity contribution in [2.24, 2.45) is 0 Å². The number of methoxy groups -OCH3 is 1. The van der Waals surface area contributed by atoms with Gasteiger partial charge in [0.1, 0.15) is 0 Å². The van der Waals surface area contributed by atoms with E-state index < -0.39 is 12.0 Å². The molecule has 0 radical (unpaired) electrons. The fourth-order valence-corrected chi connectivity index (χ4v) is 2.73. The highest BCUT2D eigenvalue weighted by Crippen LogP contribution is 2.20. The van der Waals surface area contributed by atoms with Crippen molar-refractivity contribution >= 4 is 29.4 Å². The molecular weight excluding hydrogens is 380 g/mol. The van der Waals surface area contributed by atoms with E-state index in [0.29, 0.717) is 23.6 Å². The number of hydrogen-bond acceptors (Lipinski definition) is 4. The van der Waals surface area contributed by atoms with Crippen LogP contribution in [-0.2, 0) is 14.3 Å². The molecule has 0 fully saturated rings. The highest BCUT2D eigenvalue weighted by atomic mass is 35.5. The lowest BCUT2D eigenvalue weighted by atomic mass is 10.0. The fraction of sp³-hybridized carbons (Fsp3) is 0.286. The van der Waals surface area contributed by atoms with E-state index in [4.69, 9.17) is 16.3 Å². The average molecular weight is 403 g/mol. The number of ether oxygens (including phenoxy) is 1. The summed E-state index contributed by atoms with van der Waals surface area (Å²) in [6, 6.07) is 15.3. The maximum Gasteiger partial charge on any atom is 0.307 e. The van der Waals surface area contributed by atoms with E-state index in [-0.39, 0.29) is 24.7 Å². The Kier molecular flexibility index (Phi) is 8.49. The van der Waals surface area contributed by atoms with Crippen molar-refractivity contribution in [2.75, 3.05) is 13.7 Å². The van der Waals surface area contributed by atoms with E-state index in [9.17, 15) is 14.4 Å². The van der Waals surface area contributed by atoms with Gasteiger partial charge in [-0.1, -0.05) is 41.9 Å². The van der Waals surface area contributed by atoms with Crippen molar-refractivity contribution < 1.29 is 19.1 Å². The van der Waals surface area contributed by atoms with Gasteiger partial charge in [0.05, 0.1) is 19.6 Å². The number of esters is 1. The Hall–Kier alpha value is -2.86. The third kappa shape index (κ3) is 7.04.